The number of carbonyl (C=O) groups is 4. The summed E-state index contributed by atoms with van der Waals surface area (Å²) in [4.78, 5) is 57.8. The van der Waals surface area contributed by atoms with E-state index in [4.69, 9.17) is 4.74 Å². The molecule has 2 aromatic rings. The molecule has 11 heteroatoms. The van der Waals surface area contributed by atoms with Gasteiger partial charge in [-0.2, -0.15) is 0 Å². The van der Waals surface area contributed by atoms with Crippen molar-refractivity contribution in [3.63, 3.8) is 0 Å². The van der Waals surface area contributed by atoms with Gasteiger partial charge in [-0.05, 0) is 37.3 Å². The summed E-state index contributed by atoms with van der Waals surface area (Å²) < 4.78 is 4.88. The number of esters is 1. The van der Waals surface area contributed by atoms with Crippen LogP contribution >= 0.6 is 0 Å². The molecule has 0 radical (unpaired) electrons. The first-order valence-electron chi connectivity index (χ1n) is 9.05. The van der Waals surface area contributed by atoms with Gasteiger partial charge in [0.2, 0.25) is 0 Å². The molecule has 0 aliphatic heterocycles. The summed E-state index contributed by atoms with van der Waals surface area (Å²) >= 11 is 0. The highest BCUT2D eigenvalue weighted by molar-refractivity contribution is 5.98. The Hall–Kier alpha value is -4.28. The molecular formula is C20H20N4O7. The fraction of sp³-hybridized carbons (Fsp3) is 0.200. The Bertz CT molecular complexity index is 1000. The Morgan fingerprint density at radius 3 is 2.32 bits per heavy atom. The molecule has 0 unspecified atom stereocenters. The maximum Gasteiger partial charge on any atom is 0.328 e. The van der Waals surface area contributed by atoms with E-state index in [1.54, 1.807) is 0 Å². The average molecular weight is 428 g/mol. The third-order valence-corrected chi connectivity index (χ3v) is 4.02. The lowest BCUT2D eigenvalue weighted by Crippen LogP contribution is -2.40. The van der Waals surface area contributed by atoms with Crippen LogP contribution < -0.4 is 16.0 Å². The fourth-order valence-corrected chi connectivity index (χ4v) is 2.41. The summed E-state index contributed by atoms with van der Waals surface area (Å²) in [6.45, 7) is 0.764. The first kappa shape index (κ1) is 23.0. The maximum absolute atomic E-state index is 12.2. The topological polar surface area (TPSA) is 157 Å². The van der Waals surface area contributed by atoms with Gasteiger partial charge in [-0.25, -0.2) is 4.79 Å². The van der Waals surface area contributed by atoms with Crippen LogP contribution in [0.15, 0.2) is 48.5 Å². The Labute approximate surface area is 176 Å². The molecule has 162 valence electrons. The Morgan fingerprint density at radius 1 is 1.03 bits per heavy atom. The summed E-state index contributed by atoms with van der Waals surface area (Å²) in [6.07, 6.45) is 0. The van der Waals surface area contributed by atoms with Crippen molar-refractivity contribution in [3.8, 4) is 0 Å². The molecule has 0 aliphatic rings. The second-order valence-corrected chi connectivity index (χ2v) is 6.31. The molecule has 0 aromatic heterocycles. The fourth-order valence-electron chi connectivity index (χ4n) is 2.41. The molecule has 11 nitrogen and oxygen atoms in total. The van der Waals surface area contributed by atoms with Crippen LogP contribution in [0.2, 0.25) is 0 Å². The number of nitro groups is 1. The van der Waals surface area contributed by atoms with Gasteiger partial charge in [-0.3, -0.25) is 24.5 Å². The standard InChI is InChI=1S/C20H20N4O7/c1-12(22-19(27)14-4-3-5-16(10-14)24(29)30)20(28)31-11-17(25)23-15-8-6-13(7-9-15)18(26)21-2/h3-10,12H,11H2,1-2H3,(H,21,26)(H,22,27)(H,23,25)/t12-/m0/s1. The Kier molecular flexibility index (Phi) is 7.78. The molecule has 31 heavy (non-hydrogen) atoms. The summed E-state index contributed by atoms with van der Waals surface area (Å²) in [5.41, 5.74) is 0.565. The number of hydrogen-bond acceptors (Lipinski definition) is 7. The van der Waals surface area contributed by atoms with Crippen LogP contribution in [0.25, 0.3) is 0 Å². The van der Waals surface area contributed by atoms with Crippen molar-refractivity contribution in [3.05, 3.63) is 69.8 Å². The van der Waals surface area contributed by atoms with Crippen molar-refractivity contribution in [2.24, 2.45) is 0 Å². The van der Waals surface area contributed by atoms with E-state index in [1.807, 2.05) is 0 Å². The molecule has 1 atom stereocenters. The quantitative estimate of drug-likeness (QED) is 0.324. The van der Waals surface area contributed by atoms with E-state index >= 15 is 0 Å². The van der Waals surface area contributed by atoms with Crippen LogP contribution in [-0.4, -0.2) is 48.3 Å². The number of ether oxygens (including phenoxy) is 1. The van der Waals surface area contributed by atoms with E-state index < -0.39 is 35.4 Å². The largest absolute Gasteiger partial charge is 0.454 e. The molecule has 0 saturated carbocycles. The third kappa shape index (κ3) is 6.63. The molecule has 0 fully saturated rings. The van der Waals surface area contributed by atoms with E-state index in [-0.39, 0.29) is 17.2 Å². The lowest BCUT2D eigenvalue weighted by Gasteiger charge is -2.13. The summed E-state index contributed by atoms with van der Waals surface area (Å²) in [6, 6.07) is 10.0. The van der Waals surface area contributed by atoms with Gasteiger partial charge in [0.05, 0.1) is 4.92 Å². The van der Waals surface area contributed by atoms with E-state index in [0.717, 1.165) is 6.07 Å². The number of benzene rings is 2. The smallest absolute Gasteiger partial charge is 0.328 e. The number of nitrogens with zero attached hydrogens (tertiary/aromatic N) is 1. The summed E-state index contributed by atoms with van der Waals surface area (Å²) in [5, 5.41) is 18.1. The molecule has 0 spiro atoms. The van der Waals surface area contributed by atoms with Crippen molar-refractivity contribution in [1.29, 1.82) is 0 Å². The molecule has 2 aromatic carbocycles. The van der Waals surface area contributed by atoms with Gasteiger partial charge in [0.15, 0.2) is 6.61 Å². The van der Waals surface area contributed by atoms with Gasteiger partial charge in [0.1, 0.15) is 6.04 Å². The maximum atomic E-state index is 12.2. The highest BCUT2D eigenvalue weighted by Gasteiger charge is 2.20. The number of nitro benzene ring substituents is 1. The molecule has 3 N–H and O–H groups in total. The van der Waals surface area contributed by atoms with Crippen LogP contribution in [0.1, 0.15) is 27.6 Å². The molecule has 0 saturated heterocycles. The first-order valence-corrected chi connectivity index (χ1v) is 9.05. The van der Waals surface area contributed by atoms with E-state index in [2.05, 4.69) is 16.0 Å². The zero-order chi connectivity index (χ0) is 23.0. The first-order chi connectivity index (χ1) is 14.7. The van der Waals surface area contributed by atoms with Crippen molar-refractivity contribution >= 4 is 35.1 Å². The number of carbonyl (C=O) groups excluding carboxylic acids is 4. The third-order valence-electron chi connectivity index (χ3n) is 4.02. The van der Waals surface area contributed by atoms with Crippen LogP contribution in [0, 0.1) is 10.1 Å². The molecule has 0 aliphatic carbocycles. The van der Waals surface area contributed by atoms with Gasteiger partial charge in [0.25, 0.3) is 23.4 Å². The minimum atomic E-state index is -1.09. The van der Waals surface area contributed by atoms with Crippen molar-refractivity contribution in [1.82, 2.24) is 10.6 Å². The van der Waals surface area contributed by atoms with Gasteiger partial charge >= 0.3 is 5.97 Å². The molecule has 0 heterocycles. The number of rotatable bonds is 8. The number of anilines is 1. The highest BCUT2D eigenvalue weighted by Crippen LogP contribution is 2.13. The van der Waals surface area contributed by atoms with Gasteiger partial charge in [-0.15, -0.1) is 0 Å². The zero-order valence-corrected chi connectivity index (χ0v) is 16.7. The second-order valence-electron chi connectivity index (χ2n) is 6.31. The lowest BCUT2D eigenvalue weighted by molar-refractivity contribution is -0.384. The molecule has 0 bridgehead atoms. The number of hydrogen-bond donors (Lipinski definition) is 3. The molecule has 3 amide bonds. The minimum Gasteiger partial charge on any atom is -0.454 e. The zero-order valence-electron chi connectivity index (χ0n) is 16.7. The Morgan fingerprint density at radius 2 is 1.71 bits per heavy atom. The van der Waals surface area contributed by atoms with Crippen molar-refractivity contribution < 1.29 is 28.8 Å². The Balaban J connectivity index is 1.83. The van der Waals surface area contributed by atoms with Crippen molar-refractivity contribution in [2.45, 2.75) is 13.0 Å². The van der Waals surface area contributed by atoms with Gasteiger partial charge in [0, 0.05) is 36.0 Å². The molecular weight excluding hydrogens is 408 g/mol. The van der Waals surface area contributed by atoms with Crippen molar-refractivity contribution in [2.75, 3.05) is 19.0 Å². The van der Waals surface area contributed by atoms with E-state index in [1.165, 1.54) is 56.4 Å². The average Bonchev–Trinajstić information content (AvgIpc) is 2.77. The minimum absolute atomic E-state index is 0.00629. The van der Waals surface area contributed by atoms with Crippen LogP contribution in [-0.2, 0) is 14.3 Å². The lowest BCUT2D eigenvalue weighted by atomic mass is 10.2. The number of amides is 3. The van der Waals surface area contributed by atoms with Crippen LogP contribution in [0.3, 0.4) is 0 Å². The SMILES string of the molecule is CNC(=O)c1ccc(NC(=O)COC(=O)[C@H](C)NC(=O)c2cccc([N+](=O)[O-])c2)cc1. The molecule has 2 rings (SSSR count). The van der Waals surface area contributed by atoms with E-state index in [0.29, 0.717) is 11.3 Å². The van der Waals surface area contributed by atoms with Gasteiger partial charge < -0.3 is 20.7 Å². The van der Waals surface area contributed by atoms with Crippen LogP contribution in [0.4, 0.5) is 11.4 Å². The highest BCUT2D eigenvalue weighted by atomic mass is 16.6. The predicted octanol–water partition coefficient (Wildman–Crippen LogP) is 1.25. The van der Waals surface area contributed by atoms with Crippen LogP contribution in [0.5, 0.6) is 0 Å². The monoisotopic (exact) mass is 428 g/mol. The van der Waals surface area contributed by atoms with Gasteiger partial charge in [-0.1, -0.05) is 6.07 Å². The summed E-state index contributed by atoms with van der Waals surface area (Å²) in [5.74, 6) is -2.44. The summed E-state index contributed by atoms with van der Waals surface area (Å²) in [7, 11) is 1.50. The second kappa shape index (κ2) is 10.5. The number of non-ortho nitro benzene ring substituents is 1. The number of nitrogens with one attached hydrogen (secondary N) is 3. The normalized spacial score (nSPS) is 11.0. The van der Waals surface area contributed by atoms with E-state index in [9.17, 15) is 29.3 Å². The predicted molar refractivity (Wildman–Crippen MR) is 109 cm³/mol.